The number of aryl methyl sites for hydroxylation is 2. The standard InChI is InChI=1S/C20H18N4O3.2C20H18N4O2.C19H15FN4O2.C19H16N4O2/c1-24-17-11-13(3-8-18(17)27-12-19(24)25)16-9-10-21-20(23-16)22-14-4-6-15(26-2)7-5-14;1-13-3-6-15(7-4-13)22-20-21-10-9-16(23-20)14-5-8-18-17(11-14)24(2)19(25)12-26-18;1-13-4-3-5-15(10-13)22-20-21-9-8-16(23-20)14-6-7-18-17(11-14)24(2)19(25)12-26-18;1-24-16-9-12(5-6-17(16)26-11-18(24)25)15-7-8-21-19(23-15)22-14-4-2-3-13(20)10-14;1-23-16-11-13(7-8-17(16)25-12-18(23)24)15-9-10-20-19(22-15)21-14-5-3-2-4-6-14/h3-11H,12H2,1-2H3,(H,21,22,23);2*3-11H,12H2,1-2H3,(H,21,22,23);2-10H,11H2,1H3,(H,21,22,23);2-11H,12H2,1H3,(H,20,21,22). The Morgan fingerprint density at radius 2 is 0.554 bits per heavy atom. The van der Waals surface area contributed by atoms with Gasteiger partial charge in [0.15, 0.2) is 33.0 Å². The molecule has 0 atom stereocenters. The number of aromatic nitrogens is 10. The first-order chi connectivity index (χ1) is 63.1. The number of anilines is 15. The average Bonchev–Trinajstić information content (AvgIpc) is 0.810. The van der Waals surface area contributed by atoms with E-state index in [0.717, 1.165) is 107 Å². The number of nitrogens with zero attached hydrogens (tertiary/aromatic N) is 15. The number of likely N-dealkylation sites (N-methyl/N-ethyl adjacent to an activating group) is 5. The molecule has 0 unspecified atom stereocenters. The number of halogens is 1. The van der Waals surface area contributed by atoms with Crippen LogP contribution in [0.5, 0.6) is 34.5 Å². The van der Waals surface area contributed by atoms with Crippen molar-refractivity contribution < 1.29 is 56.8 Å². The Kier molecular flexibility index (Phi) is 26.0. The number of ether oxygens (including phenoxy) is 6. The smallest absolute Gasteiger partial charge is 0.264 e. The van der Waals surface area contributed by atoms with Crippen LogP contribution in [0.2, 0.25) is 0 Å². The SMILES string of the molecule is CN1C(=O)COc2ccc(-c3ccnc(Nc4cccc(F)c4)n3)cc21.CN1C(=O)COc2ccc(-c3ccnc(Nc4ccccc4)n3)cc21.COc1ccc(Nc2nccc(-c3ccc4c(c3)N(C)C(=O)CO4)n2)cc1.Cc1ccc(Nc2nccc(-c3ccc4c(c3)N(C)C(=O)CO4)n2)cc1.Cc1cccc(Nc2nccc(-c3ccc4c(c3)N(C)C(=O)CO4)n2)c1. The first-order valence-corrected chi connectivity index (χ1v) is 40.9. The van der Waals surface area contributed by atoms with Crippen LogP contribution in [0, 0.1) is 19.7 Å². The number of hydrogen-bond donors (Lipinski definition) is 5. The maximum absolute atomic E-state index is 13.3. The van der Waals surface area contributed by atoms with Crippen molar-refractivity contribution in [2.24, 2.45) is 0 Å². The molecule has 0 fully saturated rings. The second-order valence-corrected chi connectivity index (χ2v) is 29.9. The minimum absolute atomic E-state index is 0.0397. The predicted octanol–water partition coefficient (Wildman–Crippen LogP) is 17.0. The highest BCUT2D eigenvalue weighted by atomic mass is 19.1. The van der Waals surface area contributed by atoms with E-state index in [1.807, 2.05) is 232 Å². The zero-order valence-electron chi connectivity index (χ0n) is 71.7. The minimum Gasteiger partial charge on any atom is -0.497 e. The second kappa shape index (κ2) is 39.3. The van der Waals surface area contributed by atoms with Gasteiger partial charge in [-0.25, -0.2) is 54.2 Å². The van der Waals surface area contributed by atoms with Crippen molar-refractivity contribution in [3.63, 3.8) is 0 Å². The van der Waals surface area contributed by atoms with Crippen LogP contribution in [0.1, 0.15) is 11.1 Å². The van der Waals surface area contributed by atoms with Crippen LogP contribution in [0.25, 0.3) is 56.3 Å². The van der Waals surface area contributed by atoms with E-state index in [1.165, 1.54) is 17.7 Å². The normalized spacial score (nSPS) is 13.1. The van der Waals surface area contributed by atoms with E-state index < -0.39 is 0 Å². The summed E-state index contributed by atoms with van der Waals surface area (Å²) in [4.78, 5) is 111. The third kappa shape index (κ3) is 20.9. The van der Waals surface area contributed by atoms with E-state index in [4.69, 9.17) is 28.4 Å². The number of fused-ring (bicyclic) bond motifs is 5. The largest absolute Gasteiger partial charge is 0.497 e. The van der Waals surface area contributed by atoms with Crippen molar-refractivity contribution in [1.82, 2.24) is 49.8 Å². The summed E-state index contributed by atoms with van der Waals surface area (Å²) in [5.74, 6) is 5.87. The van der Waals surface area contributed by atoms with Crippen molar-refractivity contribution in [2.45, 2.75) is 13.8 Å². The molecule has 20 rings (SSSR count). The summed E-state index contributed by atoms with van der Waals surface area (Å²) in [6, 6.07) is 76.8. The van der Waals surface area contributed by atoms with Crippen molar-refractivity contribution in [3.8, 4) is 90.8 Å². The quantitative estimate of drug-likeness (QED) is 0.0600. The van der Waals surface area contributed by atoms with E-state index in [-0.39, 0.29) is 68.4 Å². The van der Waals surface area contributed by atoms with Crippen LogP contribution in [0.4, 0.5) is 91.0 Å². The lowest BCUT2D eigenvalue weighted by Crippen LogP contribution is -2.35. The van der Waals surface area contributed by atoms with Crippen LogP contribution in [0.15, 0.2) is 280 Å². The molecule has 5 N–H and O–H groups in total. The fraction of sp³-hybridized carbons (Fsp3) is 0.133. The molecule has 0 saturated carbocycles. The van der Waals surface area contributed by atoms with Gasteiger partial charge in [0, 0.05) is 122 Å². The first-order valence-electron chi connectivity index (χ1n) is 40.9. The van der Waals surface area contributed by atoms with Gasteiger partial charge in [-0.05, 0) is 220 Å². The molecular formula is C98H85FN20O11. The Morgan fingerprint density at radius 3 is 0.846 bits per heavy atom. The Bertz CT molecular complexity index is 6560. The molecular weight excluding hydrogens is 1650 g/mol. The van der Waals surface area contributed by atoms with Crippen LogP contribution in [-0.4, -0.2) is 155 Å². The monoisotopic (exact) mass is 1740 g/mol. The van der Waals surface area contributed by atoms with Crippen molar-refractivity contribution in [3.05, 3.63) is 297 Å². The number of amides is 5. The van der Waals surface area contributed by atoms with E-state index >= 15 is 0 Å². The van der Waals surface area contributed by atoms with Crippen molar-refractivity contribution in [1.29, 1.82) is 0 Å². The van der Waals surface area contributed by atoms with Crippen molar-refractivity contribution in [2.75, 3.05) is 126 Å². The molecule has 5 aliphatic heterocycles. The summed E-state index contributed by atoms with van der Waals surface area (Å²) in [5.41, 5.74) is 18.3. The van der Waals surface area contributed by atoms with E-state index in [9.17, 15) is 28.4 Å². The lowest BCUT2D eigenvalue weighted by Gasteiger charge is -2.26. The molecule has 32 heteroatoms. The van der Waals surface area contributed by atoms with Gasteiger partial charge < -0.3 is 79.5 Å². The zero-order valence-corrected chi connectivity index (χ0v) is 71.7. The van der Waals surface area contributed by atoms with Gasteiger partial charge in [0.25, 0.3) is 29.5 Å². The van der Waals surface area contributed by atoms with Crippen LogP contribution < -0.4 is 79.5 Å². The molecule has 31 nitrogen and oxygen atoms in total. The summed E-state index contributed by atoms with van der Waals surface area (Å²) < 4.78 is 45.8. The topological polar surface area (TPSA) is 346 Å². The molecule has 0 bridgehead atoms. The second-order valence-electron chi connectivity index (χ2n) is 29.9. The summed E-state index contributed by atoms with van der Waals surface area (Å²) >= 11 is 0. The molecule has 5 aliphatic rings. The minimum atomic E-state index is -0.339. The third-order valence-corrected chi connectivity index (χ3v) is 21.0. The van der Waals surface area contributed by atoms with Crippen molar-refractivity contribution >= 4 is 116 Å². The van der Waals surface area contributed by atoms with E-state index in [0.29, 0.717) is 75.6 Å². The predicted molar refractivity (Wildman–Crippen MR) is 496 cm³/mol. The number of benzene rings is 10. The number of para-hydroxylation sites is 1. The molecule has 0 aliphatic carbocycles. The molecule has 650 valence electrons. The zero-order chi connectivity index (χ0) is 90.3. The first kappa shape index (κ1) is 86.2. The van der Waals surface area contributed by atoms with Gasteiger partial charge in [0.05, 0.1) is 64.0 Å². The van der Waals surface area contributed by atoms with Gasteiger partial charge in [0.1, 0.15) is 40.3 Å². The number of nitrogens with one attached hydrogen (secondary N) is 5. The van der Waals surface area contributed by atoms with E-state index in [1.54, 1.807) is 116 Å². The molecule has 130 heavy (non-hydrogen) atoms. The van der Waals surface area contributed by atoms with Gasteiger partial charge in [-0.3, -0.25) is 24.0 Å². The average molecular weight is 1740 g/mol. The Hall–Kier alpha value is -17.3. The Morgan fingerprint density at radius 1 is 0.285 bits per heavy atom. The summed E-state index contributed by atoms with van der Waals surface area (Å²) in [6.45, 7) is 4.39. The Balaban J connectivity index is 0.000000119. The number of carbonyl (C=O) groups excluding carboxylic acids is 5. The fourth-order valence-electron chi connectivity index (χ4n) is 13.8. The summed E-state index contributed by atoms with van der Waals surface area (Å²) in [5, 5.41) is 15.8. The molecule has 5 amide bonds. The number of hydrogen-bond acceptors (Lipinski definition) is 26. The lowest BCUT2D eigenvalue weighted by molar-refractivity contribution is -0.121. The number of rotatable bonds is 16. The molecule has 0 spiro atoms. The van der Waals surface area contributed by atoms with Gasteiger partial charge in [0.2, 0.25) is 29.7 Å². The number of methoxy groups -OCH3 is 1. The van der Waals surface area contributed by atoms with Crippen LogP contribution in [-0.2, 0) is 24.0 Å². The molecule has 0 radical (unpaired) electrons. The van der Waals surface area contributed by atoms with Crippen LogP contribution >= 0.6 is 0 Å². The molecule has 10 aromatic carbocycles. The fourth-order valence-corrected chi connectivity index (χ4v) is 13.8. The van der Waals surface area contributed by atoms with Gasteiger partial charge in [-0.2, -0.15) is 0 Å². The van der Waals surface area contributed by atoms with Gasteiger partial charge >= 0.3 is 0 Å². The highest BCUT2D eigenvalue weighted by molar-refractivity contribution is 6.02. The number of carbonyl (C=O) groups is 5. The lowest BCUT2D eigenvalue weighted by atomic mass is 10.1. The molecule has 10 heterocycles. The van der Waals surface area contributed by atoms with Gasteiger partial charge in [-0.1, -0.05) is 54.1 Å². The summed E-state index contributed by atoms with van der Waals surface area (Å²) in [6.07, 6.45) is 8.45. The maximum atomic E-state index is 13.3. The highest BCUT2D eigenvalue weighted by Gasteiger charge is 2.29. The maximum Gasteiger partial charge on any atom is 0.264 e. The van der Waals surface area contributed by atoms with E-state index in [2.05, 4.69) is 76.4 Å². The summed E-state index contributed by atoms with van der Waals surface area (Å²) in [7, 11) is 10.3. The molecule has 0 saturated heterocycles. The highest BCUT2D eigenvalue weighted by Crippen LogP contribution is 2.41. The third-order valence-electron chi connectivity index (χ3n) is 21.0. The molecule has 5 aromatic heterocycles. The molecule has 15 aromatic rings. The van der Waals surface area contributed by atoms with Gasteiger partial charge in [-0.15, -0.1) is 0 Å². The Labute approximate surface area is 746 Å². The van der Waals surface area contributed by atoms with Crippen LogP contribution in [0.3, 0.4) is 0 Å².